The molecule has 1 fully saturated rings. The molecule has 164 valence electrons. The first-order valence-corrected chi connectivity index (χ1v) is 10.0. The van der Waals surface area contributed by atoms with Crippen LogP contribution in [0.2, 0.25) is 0 Å². The number of aliphatic carboxylic acids is 1. The van der Waals surface area contributed by atoms with Crippen molar-refractivity contribution in [2.75, 3.05) is 6.61 Å². The number of hydrogen-bond donors (Lipinski definition) is 5. The van der Waals surface area contributed by atoms with Crippen LogP contribution in [0, 0.1) is 0 Å². The van der Waals surface area contributed by atoms with Crippen LogP contribution in [0.5, 0.6) is 0 Å². The zero-order chi connectivity index (χ0) is 22.5. The first-order valence-electron chi connectivity index (χ1n) is 8.78. The molecular formula is C18H21N2NaO8S2. The Hall–Kier alpha value is -0.890. The molecule has 1 saturated heterocycles. The van der Waals surface area contributed by atoms with Gasteiger partial charge in [-0.1, -0.05) is 11.8 Å². The van der Waals surface area contributed by atoms with Crippen molar-refractivity contribution < 1.29 is 69.7 Å². The van der Waals surface area contributed by atoms with E-state index in [-0.39, 0.29) is 29.6 Å². The Balaban J connectivity index is 0.00000480. The summed E-state index contributed by atoms with van der Waals surface area (Å²) in [6.07, 6.45) is -7.00. The number of aliphatic hydroxyl groups is 4. The minimum absolute atomic E-state index is 0. The molecule has 0 amide bonds. The van der Waals surface area contributed by atoms with Gasteiger partial charge >= 0.3 is 35.5 Å². The third kappa shape index (κ3) is 7.04. The summed E-state index contributed by atoms with van der Waals surface area (Å²) in [5, 5.41) is 63.5. The molecule has 0 radical (unpaired) electrons. The number of rotatable bonds is 8. The number of isothiocyanates is 1. The number of thiocarbonyl (C=S) groups is 1. The summed E-state index contributed by atoms with van der Waals surface area (Å²) in [5.74, 6) is -2.12. The van der Waals surface area contributed by atoms with Gasteiger partial charge in [-0.2, -0.15) is 4.99 Å². The second kappa shape index (κ2) is 12.4. The van der Waals surface area contributed by atoms with Crippen molar-refractivity contribution in [2.45, 2.75) is 53.6 Å². The first-order chi connectivity index (χ1) is 14.1. The smallest absolute Gasteiger partial charge is 0.862 e. The normalized spacial score (nSPS) is 28.0. The van der Waals surface area contributed by atoms with E-state index in [2.05, 4.69) is 27.4 Å². The Morgan fingerprint density at radius 1 is 1.42 bits per heavy atom. The van der Waals surface area contributed by atoms with Crippen LogP contribution in [0.4, 0.5) is 5.69 Å². The van der Waals surface area contributed by atoms with Gasteiger partial charge in [0.15, 0.2) is 0 Å². The van der Waals surface area contributed by atoms with E-state index in [0.29, 0.717) is 10.6 Å². The largest absolute Gasteiger partial charge is 1.00 e. The van der Waals surface area contributed by atoms with Crippen molar-refractivity contribution in [1.82, 2.24) is 0 Å². The van der Waals surface area contributed by atoms with Crippen LogP contribution in [0.1, 0.15) is 13.3 Å². The number of benzene rings is 1. The fourth-order valence-electron chi connectivity index (χ4n) is 3.00. The molecular weight excluding hydrogens is 459 g/mol. The Labute approximate surface area is 210 Å². The summed E-state index contributed by atoms with van der Waals surface area (Å²) in [4.78, 5) is 18.0. The number of carboxylic acid groups (broad SMARTS) is 1. The van der Waals surface area contributed by atoms with Crippen molar-refractivity contribution >= 4 is 46.7 Å². The van der Waals surface area contributed by atoms with Gasteiger partial charge in [0, 0.05) is 11.3 Å². The summed E-state index contributed by atoms with van der Waals surface area (Å²) >= 11 is 5.29. The van der Waals surface area contributed by atoms with Crippen molar-refractivity contribution in [3.8, 4) is 0 Å². The zero-order valence-corrected chi connectivity index (χ0v) is 20.4. The van der Waals surface area contributed by atoms with E-state index in [0.717, 1.165) is 18.7 Å². The molecule has 2 rings (SSSR count). The molecule has 5 N–H and O–H groups in total. The molecule has 1 aliphatic rings. The summed E-state index contributed by atoms with van der Waals surface area (Å²) in [7, 11) is 0. The minimum Gasteiger partial charge on any atom is -0.862 e. The fourth-order valence-corrected chi connectivity index (χ4v) is 4.26. The number of thioether (sulfide) groups is 1. The van der Waals surface area contributed by atoms with Gasteiger partial charge in [0.05, 0.1) is 23.6 Å². The first kappa shape index (κ1) is 28.1. The molecule has 10 nitrogen and oxygen atoms in total. The average molecular weight is 480 g/mol. The number of carboxylic acids is 1. The van der Waals surface area contributed by atoms with Crippen LogP contribution < -0.4 is 34.7 Å². The van der Waals surface area contributed by atoms with Gasteiger partial charge in [-0.25, -0.2) is 4.79 Å². The predicted octanol–water partition coefficient (Wildman–Crippen LogP) is -3.69. The number of nitrogens with zero attached hydrogens (tertiary/aromatic N) is 2. The number of aliphatic hydroxyl groups excluding tert-OH is 4. The number of carbonyl (C=O) groups is 1. The number of ether oxygens (including phenoxy) is 1. The Bertz CT molecular complexity index is 832. The monoisotopic (exact) mass is 480 g/mol. The molecule has 0 aliphatic carbocycles. The van der Waals surface area contributed by atoms with E-state index >= 15 is 0 Å². The van der Waals surface area contributed by atoms with Gasteiger partial charge in [-0.15, -0.1) is 0 Å². The third-order valence-corrected chi connectivity index (χ3v) is 5.77. The molecule has 0 bridgehead atoms. The molecule has 13 heteroatoms. The summed E-state index contributed by atoms with van der Waals surface area (Å²) in [5.41, 5.74) is 0.503. The molecule has 1 aromatic carbocycles. The molecule has 1 heterocycles. The van der Waals surface area contributed by atoms with Gasteiger partial charge in [0.1, 0.15) is 24.4 Å². The van der Waals surface area contributed by atoms with E-state index in [1.807, 2.05) is 0 Å². The quantitative estimate of drug-likeness (QED) is 0.108. The Morgan fingerprint density at radius 2 is 2.03 bits per heavy atom. The van der Waals surface area contributed by atoms with E-state index in [9.17, 15) is 30.3 Å². The second-order valence-corrected chi connectivity index (χ2v) is 8.11. The molecule has 0 spiro atoms. The van der Waals surface area contributed by atoms with Gasteiger partial charge in [0.2, 0.25) is 4.93 Å². The molecule has 1 aliphatic heterocycles. The van der Waals surface area contributed by atoms with Gasteiger partial charge in [-0.3, -0.25) is 4.99 Å². The molecule has 0 aromatic heterocycles. The predicted molar refractivity (Wildman–Crippen MR) is 109 cm³/mol. The van der Waals surface area contributed by atoms with Crippen LogP contribution in [0.25, 0.3) is 0 Å². The summed E-state index contributed by atoms with van der Waals surface area (Å²) in [6, 6.07) is 4.96. The average Bonchev–Trinajstić information content (AvgIpc) is 2.70. The Morgan fingerprint density at radius 3 is 2.52 bits per heavy atom. The summed E-state index contributed by atoms with van der Waals surface area (Å²) in [6.45, 7) is 0.274. The van der Waals surface area contributed by atoms with Crippen LogP contribution in [0.15, 0.2) is 39.1 Å². The van der Waals surface area contributed by atoms with E-state index in [1.54, 1.807) is 24.3 Å². The maximum Gasteiger partial charge on any atom is 1.00 e. The number of aliphatic imine (C=N–C) groups is 2. The van der Waals surface area contributed by atoms with Gasteiger partial charge < -0.3 is 35.4 Å². The minimum atomic E-state index is -2.06. The molecule has 0 unspecified atom stereocenters. The van der Waals surface area contributed by atoms with E-state index in [1.165, 1.54) is 0 Å². The number of hydrogen-bond acceptors (Lipinski definition) is 11. The van der Waals surface area contributed by atoms with Crippen LogP contribution in [-0.4, -0.2) is 84.6 Å². The van der Waals surface area contributed by atoms with Crippen LogP contribution in [-0.2, 0) is 9.53 Å². The van der Waals surface area contributed by atoms with Crippen molar-refractivity contribution in [1.29, 1.82) is 0 Å². The maximum absolute atomic E-state index is 12.1. The van der Waals surface area contributed by atoms with Crippen molar-refractivity contribution in [2.24, 2.45) is 9.98 Å². The van der Waals surface area contributed by atoms with Crippen molar-refractivity contribution in [3.63, 3.8) is 0 Å². The van der Waals surface area contributed by atoms with Crippen LogP contribution in [0.3, 0.4) is 0 Å². The van der Waals surface area contributed by atoms with E-state index < -0.39 is 60.3 Å². The van der Waals surface area contributed by atoms with Gasteiger partial charge in [0.25, 0.3) is 0 Å². The molecule has 0 saturated carbocycles. The summed E-state index contributed by atoms with van der Waals surface area (Å²) < 4.78 is 5.67. The van der Waals surface area contributed by atoms with Crippen LogP contribution >= 0.6 is 24.0 Å². The SMILES string of the molecule is CC([O-])=N[C@H]1[C@H]([C@H](O)[C@H](O)CO)O[C@@](Sc2ccc(N=C=S)cc2)(C(=O)O)C[C@@H]1O.[Na+]. The maximum atomic E-state index is 12.1. The third-order valence-electron chi connectivity index (χ3n) is 4.40. The van der Waals surface area contributed by atoms with Crippen molar-refractivity contribution in [3.05, 3.63) is 24.3 Å². The molecule has 31 heavy (non-hydrogen) atoms. The molecule has 6 atom stereocenters. The standard InChI is InChI=1S/C18H22N2O8S2.Na/c1-9(22)20-14-12(23)6-18(17(26)27,28-16(14)15(25)13(24)7-21)30-11-4-2-10(3-5-11)19-8-29;/h2-5,12-16,21,23-25H,6-7H2,1H3,(H,20,22)(H,26,27);/q;+1/p-1/t12-,13+,14+,15+,16+,18-;/m0./s1. The topological polar surface area (TPSA) is 175 Å². The Kier molecular flexibility index (Phi) is 11.2. The molecule has 1 aromatic rings. The zero-order valence-electron chi connectivity index (χ0n) is 16.8. The second-order valence-electron chi connectivity index (χ2n) is 6.59. The van der Waals surface area contributed by atoms with E-state index in [4.69, 9.17) is 9.84 Å². The fraction of sp³-hybridized carbons (Fsp3) is 0.500. The van der Waals surface area contributed by atoms with Gasteiger partial charge in [-0.05, 0) is 49.3 Å².